The molecule has 0 amide bonds. The number of ether oxygens (including phenoxy) is 2. The van der Waals surface area contributed by atoms with Crippen LogP contribution in [0.5, 0.6) is 0 Å². The highest BCUT2D eigenvalue weighted by Crippen LogP contribution is 2.30. The van der Waals surface area contributed by atoms with Crippen LogP contribution >= 0.6 is 0 Å². The maximum Gasteiger partial charge on any atom is 0.314 e. The van der Waals surface area contributed by atoms with Crippen LogP contribution < -0.4 is 0 Å². The number of furan rings is 1. The molecule has 2 aromatic rings. The monoisotopic (exact) mass is 398 g/mol. The zero-order chi connectivity index (χ0) is 21.3. The Morgan fingerprint density at radius 2 is 1.62 bits per heavy atom. The van der Waals surface area contributed by atoms with Gasteiger partial charge >= 0.3 is 11.9 Å². The minimum Gasteiger partial charge on any atom is -0.457 e. The van der Waals surface area contributed by atoms with E-state index in [9.17, 15) is 19.2 Å². The third kappa shape index (κ3) is 4.29. The molecule has 0 saturated heterocycles. The van der Waals surface area contributed by atoms with Gasteiger partial charge in [-0.25, -0.2) is 0 Å². The van der Waals surface area contributed by atoms with E-state index in [-0.39, 0.29) is 35.7 Å². The summed E-state index contributed by atoms with van der Waals surface area (Å²) in [6, 6.07) is 8.05. The normalized spacial score (nSPS) is 14.1. The SMILES string of the molecule is CC(OC(=O)CCc1cc2c(o1)C(=O)c1ccccc1C2=O)OC(=O)C(C)(C)C. The fourth-order valence-electron chi connectivity index (χ4n) is 2.87. The van der Waals surface area contributed by atoms with E-state index in [1.165, 1.54) is 13.0 Å². The summed E-state index contributed by atoms with van der Waals surface area (Å²) in [5, 5.41) is 0. The second kappa shape index (κ2) is 7.66. The lowest BCUT2D eigenvalue weighted by molar-refractivity contribution is -0.190. The highest BCUT2D eigenvalue weighted by molar-refractivity contribution is 6.27. The van der Waals surface area contributed by atoms with E-state index in [4.69, 9.17) is 13.9 Å². The van der Waals surface area contributed by atoms with Crippen molar-refractivity contribution in [3.05, 3.63) is 58.5 Å². The smallest absolute Gasteiger partial charge is 0.314 e. The number of carbonyl (C=O) groups excluding carboxylic acids is 4. The standard InChI is InChI=1S/C22H22O7/c1-12(28-21(26)22(2,3)4)27-17(23)10-9-13-11-16-18(24)14-7-5-6-8-15(14)19(25)20(16)29-13/h5-8,11-12H,9-10H2,1-4H3. The molecule has 0 radical (unpaired) electrons. The highest BCUT2D eigenvalue weighted by atomic mass is 16.7. The van der Waals surface area contributed by atoms with Crippen LogP contribution in [0.15, 0.2) is 34.7 Å². The molecule has 0 aliphatic heterocycles. The van der Waals surface area contributed by atoms with Gasteiger partial charge in [-0.1, -0.05) is 24.3 Å². The summed E-state index contributed by atoms with van der Waals surface area (Å²) in [5.41, 5.74) is 0.139. The summed E-state index contributed by atoms with van der Waals surface area (Å²) >= 11 is 0. The van der Waals surface area contributed by atoms with Gasteiger partial charge in [0.25, 0.3) is 0 Å². The van der Waals surface area contributed by atoms with Gasteiger partial charge < -0.3 is 13.9 Å². The number of carbonyl (C=O) groups is 4. The predicted molar refractivity (Wildman–Crippen MR) is 101 cm³/mol. The lowest BCUT2D eigenvalue weighted by Crippen LogP contribution is -2.29. The zero-order valence-corrected chi connectivity index (χ0v) is 16.7. The molecule has 0 saturated carbocycles. The van der Waals surface area contributed by atoms with Gasteiger partial charge in [0.15, 0.2) is 11.5 Å². The third-order valence-electron chi connectivity index (χ3n) is 4.41. The predicted octanol–water partition coefficient (Wildman–Crippen LogP) is 3.47. The lowest BCUT2D eigenvalue weighted by Gasteiger charge is -2.20. The summed E-state index contributed by atoms with van der Waals surface area (Å²) in [6.45, 7) is 6.55. The van der Waals surface area contributed by atoms with Gasteiger partial charge in [-0.05, 0) is 26.8 Å². The van der Waals surface area contributed by atoms with Crippen molar-refractivity contribution >= 4 is 23.5 Å². The molecule has 7 heteroatoms. The average Bonchev–Trinajstić information content (AvgIpc) is 3.08. The molecule has 29 heavy (non-hydrogen) atoms. The Morgan fingerprint density at radius 1 is 1.00 bits per heavy atom. The van der Waals surface area contributed by atoms with Gasteiger partial charge in [-0.2, -0.15) is 0 Å². The number of rotatable bonds is 5. The first-order valence-corrected chi connectivity index (χ1v) is 9.29. The Morgan fingerprint density at radius 3 is 2.24 bits per heavy atom. The molecule has 0 N–H and O–H groups in total. The Bertz CT molecular complexity index is 938. The summed E-state index contributed by atoms with van der Waals surface area (Å²) < 4.78 is 15.7. The van der Waals surface area contributed by atoms with Crippen LogP contribution in [0.2, 0.25) is 0 Å². The minimum atomic E-state index is -1.02. The molecule has 0 fully saturated rings. The van der Waals surface area contributed by atoms with Crippen LogP contribution in [-0.4, -0.2) is 29.8 Å². The number of benzene rings is 1. The molecule has 1 aliphatic rings. The van der Waals surface area contributed by atoms with Crippen LogP contribution in [0, 0.1) is 5.41 Å². The Kier molecular flexibility index (Phi) is 5.42. The van der Waals surface area contributed by atoms with E-state index < -0.39 is 23.6 Å². The second-order valence-electron chi connectivity index (χ2n) is 7.87. The van der Waals surface area contributed by atoms with E-state index in [1.807, 2.05) is 0 Å². The molecule has 152 valence electrons. The second-order valence-corrected chi connectivity index (χ2v) is 7.87. The van der Waals surface area contributed by atoms with Crippen molar-refractivity contribution in [2.45, 2.75) is 46.8 Å². The maximum atomic E-state index is 12.6. The molecule has 0 bridgehead atoms. The van der Waals surface area contributed by atoms with Crippen LogP contribution in [-0.2, 0) is 25.5 Å². The van der Waals surface area contributed by atoms with Crippen LogP contribution in [0.1, 0.15) is 71.9 Å². The first kappa shape index (κ1) is 20.5. The third-order valence-corrected chi connectivity index (χ3v) is 4.41. The van der Waals surface area contributed by atoms with Gasteiger partial charge in [0.05, 0.1) is 17.4 Å². The minimum absolute atomic E-state index is 0.00968. The van der Waals surface area contributed by atoms with Gasteiger partial charge in [-0.15, -0.1) is 0 Å². The fourth-order valence-corrected chi connectivity index (χ4v) is 2.87. The van der Waals surface area contributed by atoms with Crippen LogP contribution in [0.25, 0.3) is 0 Å². The van der Waals surface area contributed by atoms with Crippen LogP contribution in [0.3, 0.4) is 0 Å². The Hall–Kier alpha value is -3.22. The molecular formula is C22H22O7. The molecule has 0 spiro atoms. The Balaban J connectivity index is 1.62. The van der Waals surface area contributed by atoms with Crippen molar-refractivity contribution in [3.63, 3.8) is 0 Å². The van der Waals surface area contributed by atoms with Gasteiger partial charge in [-0.3, -0.25) is 19.2 Å². The molecule has 1 aromatic carbocycles. The lowest BCUT2D eigenvalue weighted by atomic mass is 9.88. The fraction of sp³-hybridized carbons (Fsp3) is 0.364. The van der Waals surface area contributed by atoms with Gasteiger partial charge in [0.2, 0.25) is 12.1 Å². The molecule has 7 nitrogen and oxygen atoms in total. The largest absolute Gasteiger partial charge is 0.457 e. The number of aryl methyl sites for hydroxylation is 1. The van der Waals surface area contributed by atoms with Crippen molar-refractivity contribution in [1.82, 2.24) is 0 Å². The number of hydrogen-bond acceptors (Lipinski definition) is 7. The molecule has 1 heterocycles. The highest BCUT2D eigenvalue weighted by Gasteiger charge is 2.33. The molecular weight excluding hydrogens is 376 g/mol. The average molecular weight is 398 g/mol. The summed E-state index contributed by atoms with van der Waals surface area (Å²) in [4.78, 5) is 49.0. The number of hydrogen-bond donors (Lipinski definition) is 0. The van der Waals surface area contributed by atoms with Crippen molar-refractivity contribution in [3.8, 4) is 0 Å². The quantitative estimate of drug-likeness (QED) is 0.479. The number of ketones is 2. The molecule has 1 aliphatic carbocycles. The topological polar surface area (TPSA) is 99.9 Å². The summed E-state index contributed by atoms with van der Waals surface area (Å²) in [6.07, 6.45) is -0.932. The first-order chi connectivity index (χ1) is 13.6. The van der Waals surface area contributed by atoms with Crippen molar-refractivity contribution < 1.29 is 33.1 Å². The first-order valence-electron chi connectivity index (χ1n) is 9.29. The summed E-state index contributed by atoms with van der Waals surface area (Å²) in [5.74, 6) is -1.38. The van der Waals surface area contributed by atoms with Crippen molar-refractivity contribution in [1.29, 1.82) is 0 Å². The Labute approximate surface area is 168 Å². The number of fused-ring (bicyclic) bond motifs is 2. The van der Waals surface area contributed by atoms with Crippen LogP contribution in [0.4, 0.5) is 0 Å². The maximum absolute atomic E-state index is 12.6. The zero-order valence-electron chi connectivity index (χ0n) is 16.7. The van der Waals surface area contributed by atoms with E-state index in [1.54, 1.807) is 45.0 Å². The van der Waals surface area contributed by atoms with E-state index >= 15 is 0 Å². The molecule has 1 aromatic heterocycles. The van der Waals surface area contributed by atoms with E-state index in [0.717, 1.165) is 0 Å². The van der Waals surface area contributed by atoms with E-state index in [2.05, 4.69) is 0 Å². The summed E-state index contributed by atoms with van der Waals surface area (Å²) in [7, 11) is 0. The molecule has 1 atom stereocenters. The van der Waals surface area contributed by atoms with Gasteiger partial charge in [0.1, 0.15) is 5.76 Å². The van der Waals surface area contributed by atoms with Crippen molar-refractivity contribution in [2.75, 3.05) is 0 Å². The molecule has 3 rings (SSSR count). The van der Waals surface area contributed by atoms with Gasteiger partial charge in [0, 0.05) is 24.5 Å². The van der Waals surface area contributed by atoms with Crippen molar-refractivity contribution in [2.24, 2.45) is 5.41 Å². The number of esters is 2. The van der Waals surface area contributed by atoms with E-state index in [0.29, 0.717) is 16.9 Å². The molecule has 1 unspecified atom stereocenters.